The van der Waals surface area contributed by atoms with Gasteiger partial charge in [-0.3, -0.25) is 4.79 Å². The van der Waals surface area contributed by atoms with Gasteiger partial charge in [-0.1, -0.05) is 31.4 Å². The number of carbonyl (C=O) groups is 1. The van der Waals surface area contributed by atoms with Gasteiger partial charge in [0, 0.05) is 11.6 Å². The minimum Gasteiger partial charge on any atom is -0.348 e. The Morgan fingerprint density at radius 2 is 1.68 bits per heavy atom. The lowest BCUT2D eigenvalue weighted by Gasteiger charge is -2.22. The van der Waals surface area contributed by atoms with E-state index in [0.717, 1.165) is 0 Å². The lowest BCUT2D eigenvalue weighted by Crippen LogP contribution is -2.35. The highest BCUT2D eigenvalue weighted by Crippen LogP contribution is 2.32. The van der Waals surface area contributed by atoms with Gasteiger partial charge in [0.1, 0.15) is 0 Å². The molecule has 1 aromatic carbocycles. The Hall–Kier alpha value is -1.36. The molecular weight excluding hydrogens is 298 g/mol. The van der Waals surface area contributed by atoms with E-state index in [9.17, 15) is 13.2 Å². The Morgan fingerprint density at radius 3 is 2.27 bits per heavy atom. The molecule has 0 radical (unpaired) electrons. The van der Waals surface area contributed by atoms with Gasteiger partial charge in [-0.2, -0.15) is 0 Å². The number of hydrogen-bond donors (Lipinski definition) is 1. The maximum Gasteiger partial charge on any atom is 0.251 e. The van der Waals surface area contributed by atoms with E-state index in [-0.39, 0.29) is 23.5 Å². The quantitative estimate of drug-likeness (QED) is 0.931. The molecule has 0 unspecified atom stereocenters. The Kier molecular flexibility index (Phi) is 4.52. The predicted molar refractivity (Wildman–Crippen MR) is 86.8 cm³/mol. The molecule has 1 aromatic rings. The highest BCUT2D eigenvalue weighted by molar-refractivity contribution is 7.91. The summed E-state index contributed by atoms with van der Waals surface area (Å²) >= 11 is 0. The molecule has 0 spiro atoms. The minimum atomic E-state index is -2.96. The van der Waals surface area contributed by atoms with Gasteiger partial charge < -0.3 is 5.32 Å². The molecule has 1 heterocycles. The second kappa shape index (κ2) is 6.41. The van der Waals surface area contributed by atoms with Crippen LogP contribution in [0.25, 0.3) is 0 Å². The molecule has 1 amide bonds. The average molecular weight is 321 g/mol. The van der Waals surface area contributed by atoms with E-state index in [1.807, 2.05) is 12.1 Å². The molecule has 1 aliphatic heterocycles. The molecular formula is C17H23NO3S. The summed E-state index contributed by atoms with van der Waals surface area (Å²) in [4.78, 5) is 12.2. The molecule has 1 N–H and O–H groups in total. The van der Waals surface area contributed by atoms with Crippen molar-refractivity contribution in [3.05, 3.63) is 35.4 Å². The second-order valence-electron chi connectivity index (χ2n) is 6.53. The van der Waals surface area contributed by atoms with Crippen molar-refractivity contribution in [1.82, 2.24) is 5.32 Å². The van der Waals surface area contributed by atoms with Crippen molar-refractivity contribution < 1.29 is 13.2 Å². The summed E-state index contributed by atoms with van der Waals surface area (Å²) in [5.41, 5.74) is 1.93. The lowest BCUT2D eigenvalue weighted by molar-refractivity contribution is 0.0941. The maximum absolute atomic E-state index is 12.2. The van der Waals surface area contributed by atoms with Crippen LogP contribution in [0.15, 0.2) is 24.3 Å². The fourth-order valence-corrected chi connectivity index (χ4v) is 5.19. The summed E-state index contributed by atoms with van der Waals surface area (Å²) in [7, 11) is -2.96. The molecule has 1 saturated carbocycles. The molecule has 2 aliphatic rings. The topological polar surface area (TPSA) is 63.2 Å². The van der Waals surface area contributed by atoms with Crippen LogP contribution in [0.2, 0.25) is 0 Å². The first-order valence-corrected chi connectivity index (χ1v) is 9.97. The molecule has 5 heteroatoms. The Bertz CT molecular complexity index is 630. The van der Waals surface area contributed by atoms with E-state index in [1.54, 1.807) is 0 Å². The van der Waals surface area contributed by atoms with Crippen LogP contribution >= 0.6 is 0 Å². The Morgan fingerprint density at radius 1 is 1.00 bits per heavy atom. The van der Waals surface area contributed by atoms with Gasteiger partial charge in [-0.15, -0.1) is 0 Å². The summed E-state index contributed by atoms with van der Waals surface area (Å²) in [5.74, 6) is 0.709. The molecule has 1 atom stereocenters. The molecule has 22 heavy (non-hydrogen) atoms. The molecule has 4 nitrogen and oxygen atoms in total. The Labute approximate surface area is 132 Å². The summed E-state index contributed by atoms with van der Waals surface area (Å²) in [6, 6.07) is 7.59. The fraction of sp³-hybridized carbons (Fsp3) is 0.588. The molecule has 0 bridgehead atoms. The van der Waals surface area contributed by atoms with Crippen molar-refractivity contribution >= 4 is 15.7 Å². The molecule has 120 valence electrons. The van der Waals surface area contributed by atoms with Gasteiger partial charge in [0.15, 0.2) is 9.84 Å². The zero-order valence-electron chi connectivity index (χ0n) is 12.8. The largest absolute Gasteiger partial charge is 0.348 e. The monoisotopic (exact) mass is 321 g/mol. The van der Waals surface area contributed by atoms with Crippen molar-refractivity contribution in [2.75, 3.05) is 11.5 Å². The van der Waals surface area contributed by atoms with Crippen LogP contribution in [-0.2, 0) is 9.84 Å². The number of amides is 1. The fourth-order valence-electron chi connectivity index (χ4n) is 3.52. The first kappa shape index (κ1) is 15.5. The number of carbonyl (C=O) groups excluding carboxylic acids is 1. The van der Waals surface area contributed by atoms with E-state index >= 15 is 0 Å². The third-order valence-electron chi connectivity index (χ3n) is 4.82. The first-order chi connectivity index (χ1) is 10.5. The van der Waals surface area contributed by atoms with Crippen molar-refractivity contribution in [2.45, 2.75) is 50.5 Å². The third kappa shape index (κ3) is 3.69. The number of nitrogens with one attached hydrogen (secondary N) is 1. The number of sulfone groups is 1. The lowest BCUT2D eigenvalue weighted by atomic mass is 9.84. The van der Waals surface area contributed by atoms with Gasteiger partial charge in [0.2, 0.25) is 0 Å². The summed E-state index contributed by atoms with van der Waals surface area (Å²) in [5, 5.41) is 2.83. The van der Waals surface area contributed by atoms with Crippen molar-refractivity contribution in [1.29, 1.82) is 0 Å². The van der Waals surface area contributed by atoms with Crippen LogP contribution in [-0.4, -0.2) is 31.9 Å². The normalized spacial score (nSPS) is 25.0. The summed E-state index contributed by atoms with van der Waals surface area (Å²) < 4.78 is 22.9. The highest BCUT2D eigenvalue weighted by Gasteiger charge is 2.29. The van der Waals surface area contributed by atoms with E-state index in [0.29, 0.717) is 17.9 Å². The smallest absolute Gasteiger partial charge is 0.251 e. The van der Waals surface area contributed by atoms with E-state index in [2.05, 4.69) is 17.4 Å². The zero-order valence-corrected chi connectivity index (χ0v) is 13.6. The number of rotatable bonds is 3. The van der Waals surface area contributed by atoms with Crippen LogP contribution in [0.4, 0.5) is 0 Å². The Balaban J connectivity index is 1.61. The molecule has 2 fully saturated rings. The predicted octanol–water partition coefficient (Wildman–Crippen LogP) is 2.65. The zero-order chi connectivity index (χ0) is 15.6. The maximum atomic E-state index is 12.2. The van der Waals surface area contributed by atoms with Crippen LogP contribution in [0, 0.1) is 0 Å². The molecule has 1 aliphatic carbocycles. The van der Waals surface area contributed by atoms with Gasteiger partial charge in [-0.05, 0) is 42.9 Å². The van der Waals surface area contributed by atoms with Crippen molar-refractivity contribution in [2.24, 2.45) is 0 Å². The molecule has 3 rings (SSSR count). The average Bonchev–Trinajstić information content (AvgIpc) is 2.87. The number of benzene rings is 1. The van der Waals surface area contributed by atoms with Crippen LogP contribution in [0.5, 0.6) is 0 Å². The van der Waals surface area contributed by atoms with Gasteiger partial charge in [-0.25, -0.2) is 8.42 Å². The number of hydrogen-bond acceptors (Lipinski definition) is 3. The van der Waals surface area contributed by atoms with E-state index < -0.39 is 9.84 Å². The summed E-state index contributed by atoms with van der Waals surface area (Å²) in [6.45, 7) is 0. The van der Waals surface area contributed by atoms with Crippen molar-refractivity contribution in [3.8, 4) is 0 Å². The van der Waals surface area contributed by atoms with E-state index in [1.165, 1.54) is 37.7 Å². The van der Waals surface area contributed by atoms with Gasteiger partial charge in [0.25, 0.3) is 5.91 Å². The standard InChI is InChI=1S/C17H23NO3S/c19-17(18-16-10-11-22(20,21)12-16)15-8-6-14(7-9-15)13-4-2-1-3-5-13/h6-9,13,16H,1-5,10-12H2,(H,18,19)/t16-/m0/s1. The SMILES string of the molecule is O=C(N[C@H]1CCS(=O)(=O)C1)c1ccc(C2CCCCC2)cc1. The van der Waals surface area contributed by atoms with Crippen LogP contribution in [0.1, 0.15) is 60.4 Å². The minimum absolute atomic E-state index is 0.0684. The van der Waals surface area contributed by atoms with Gasteiger partial charge in [0.05, 0.1) is 11.5 Å². The summed E-state index contributed by atoms with van der Waals surface area (Å²) in [6.07, 6.45) is 6.93. The van der Waals surface area contributed by atoms with Crippen LogP contribution in [0.3, 0.4) is 0 Å². The first-order valence-electron chi connectivity index (χ1n) is 8.15. The second-order valence-corrected chi connectivity index (χ2v) is 8.76. The van der Waals surface area contributed by atoms with Crippen molar-refractivity contribution in [3.63, 3.8) is 0 Å². The third-order valence-corrected chi connectivity index (χ3v) is 6.59. The molecule has 1 saturated heterocycles. The molecule has 0 aromatic heterocycles. The van der Waals surface area contributed by atoms with Crippen LogP contribution < -0.4 is 5.32 Å². The highest BCUT2D eigenvalue weighted by atomic mass is 32.2. The van der Waals surface area contributed by atoms with Gasteiger partial charge >= 0.3 is 0 Å². The van der Waals surface area contributed by atoms with E-state index in [4.69, 9.17) is 0 Å².